The maximum Gasteiger partial charge on any atom is 0.344 e. The number of hydrazine groups is 1. The molecule has 1 fully saturated rings. The second kappa shape index (κ2) is 9.62. The summed E-state index contributed by atoms with van der Waals surface area (Å²) in [4.78, 5) is 39.9. The molecule has 0 spiro atoms. The molecule has 2 N–H and O–H groups in total. The molecule has 1 atom stereocenters. The molecule has 1 saturated heterocycles. The summed E-state index contributed by atoms with van der Waals surface area (Å²) >= 11 is 0. The van der Waals surface area contributed by atoms with Gasteiger partial charge in [-0.2, -0.15) is 10.1 Å². The highest BCUT2D eigenvalue weighted by Gasteiger charge is 2.52. The normalized spacial score (nSPS) is 17.0. The molecule has 0 unspecified atom stereocenters. The largest absolute Gasteiger partial charge is 0.497 e. The second-order valence-corrected chi connectivity index (χ2v) is 8.54. The number of imide groups is 1. The van der Waals surface area contributed by atoms with Crippen LogP contribution in [0.2, 0.25) is 0 Å². The fourth-order valence-corrected chi connectivity index (χ4v) is 4.42. The number of urea groups is 1. The number of carbonyl (C=O) groups is 3. The van der Waals surface area contributed by atoms with E-state index in [0.717, 1.165) is 10.7 Å². The number of benzene rings is 3. The summed E-state index contributed by atoms with van der Waals surface area (Å²) in [5.41, 5.74) is 3.89. The molecule has 3 aromatic carbocycles. The average molecular weight is 496 g/mol. The number of aromatic nitrogens is 2. The summed E-state index contributed by atoms with van der Waals surface area (Å²) in [6.07, 6.45) is 1.89. The standard InChI is InChI=1S/C28H25N5O4/c1-3-28(20-10-6-4-7-11-20)26(35)33(27(36)29-28)31-25(34)23-18-32(21-12-8-5-9-13-21)30-24(23)19-14-16-22(37-2)17-15-19/h4-18H,3H2,1-2H3,(H,29,36)(H,31,34)/t28-/m0/s1. The third-order valence-electron chi connectivity index (χ3n) is 6.44. The van der Waals surface area contributed by atoms with Crippen molar-refractivity contribution in [3.05, 3.63) is 102 Å². The highest BCUT2D eigenvalue weighted by atomic mass is 16.5. The van der Waals surface area contributed by atoms with Gasteiger partial charge in [0, 0.05) is 11.8 Å². The van der Waals surface area contributed by atoms with E-state index in [1.54, 1.807) is 66.5 Å². The third kappa shape index (κ3) is 4.20. The van der Waals surface area contributed by atoms with E-state index in [0.29, 0.717) is 29.0 Å². The molecule has 5 rings (SSSR count). The van der Waals surface area contributed by atoms with Gasteiger partial charge in [-0.1, -0.05) is 55.5 Å². The first-order chi connectivity index (χ1) is 18.0. The minimum absolute atomic E-state index is 0.198. The first kappa shape index (κ1) is 23.8. The van der Waals surface area contributed by atoms with Crippen LogP contribution >= 0.6 is 0 Å². The predicted molar refractivity (Wildman–Crippen MR) is 137 cm³/mol. The zero-order valence-electron chi connectivity index (χ0n) is 20.3. The van der Waals surface area contributed by atoms with Gasteiger partial charge in [-0.3, -0.25) is 15.0 Å². The topological polar surface area (TPSA) is 106 Å². The molecule has 9 heteroatoms. The second-order valence-electron chi connectivity index (χ2n) is 8.54. The minimum atomic E-state index is -1.27. The van der Waals surface area contributed by atoms with Gasteiger partial charge in [0.05, 0.1) is 18.4 Å². The molecule has 4 amide bonds. The molecule has 1 aromatic heterocycles. The van der Waals surface area contributed by atoms with Gasteiger partial charge < -0.3 is 10.1 Å². The van der Waals surface area contributed by atoms with Gasteiger partial charge in [0.2, 0.25) is 0 Å². The molecular formula is C28H25N5O4. The molecule has 0 bridgehead atoms. The Morgan fingerprint density at radius 3 is 2.24 bits per heavy atom. The Morgan fingerprint density at radius 1 is 0.973 bits per heavy atom. The zero-order chi connectivity index (χ0) is 26.0. The number of ether oxygens (including phenoxy) is 1. The van der Waals surface area contributed by atoms with Crippen molar-refractivity contribution in [3.8, 4) is 22.7 Å². The lowest BCUT2D eigenvalue weighted by Crippen LogP contribution is -2.48. The summed E-state index contributed by atoms with van der Waals surface area (Å²) in [5, 5.41) is 8.16. The van der Waals surface area contributed by atoms with Crippen LogP contribution < -0.4 is 15.5 Å². The third-order valence-corrected chi connectivity index (χ3v) is 6.44. The minimum Gasteiger partial charge on any atom is -0.497 e. The molecule has 186 valence electrons. The van der Waals surface area contributed by atoms with Crippen LogP contribution in [0.4, 0.5) is 4.79 Å². The molecular weight excluding hydrogens is 470 g/mol. The Hall–Kier alpha value is -4.92. The van der Waals surface area contributed by atoms with Gasteiger partial charge in [0.1, 0.15) is 17.0 Å². The summed E-state index contributed by atoms with van der Waals surface area (Å²) in [7, 11) is 1.57. The van der Waals surface area contributed by atoms with Crippen molar-refractivity contribution in [2.75, 3.05) is 7.11 Å². The molecule has 0 aliphatic carbocycles. The van der Waals surface area contributed by atoms with Gasteiger partial charge in [-0.25, -0.2) is 9.48 Å². The van der Waals surface area contributed by atoms with Crippen LogP contribution in [-0.2, 0) is 10.3 Å². The number of para-hydroxylation sites is 1. The molecule has 1 aliphatic heterocycles. The lowest BCUT2D eigenvalue weighted by atomic mass is 9.87. The number of nitrogens with zero attached hydrogens (tertiary/aromatic N) is 3. The highest BCUT2D eigenvalue weighted by molar-refractivity contribution is 6.10. The van der Waals surface area contributed by atoms with Crippen molar-refractivity contribution in [1.29, 1.82) is 0 Å². The molecule has 37 heavy (non-hydrogen) atoms. The molecule has 9 nitrogen and oxygen atoms in total. The molecule has 1 aliphatic rings. The maximum atomic E-state index is 13.5. The van der Waals surface area contributed by atoms with E-state index in [9.17, 15) is 14.4 Å². The number of hydrogen-bond donors (Lipinski definition) is 2. The Kier molecular flexibility index (Phi) is 6.19. The van der Waals surface area contributed by atoms with Crippen LogP contribution in [0.15, 0.2) is 91.1 Å². The van der Waals surface area contributed by atoms with Gasteiger partial charge in [-0.15, -0.1) is 0 Å². The Bertz CT molecular complexity index is 1450. The van der Waals surface area contributed by atoms with E-state index in [2.05, 4.69) is 15.8 Å². The van der Waals surface area contributed by atoms with E-state index in [1.165, 1.54) is 0 Å². The smallest absolute Gasteiger partial charge is 0.344 e. The van der Waals surface area contributed by atoms with Crippen LogP contribution in [-0.4, -0.2) is 39.7 Å². The van der Waals surface area contributed by atoms with Gasteiger partial charge in [0.15, 0.2) is 0 Å². The van der Waals surface area contributed by atoms with Crippen LogP contribution in [0.3, 0.4) is 0 Å². The van der Waals surface area contributed by atoms with E-state index in [4.69, 9.17) is 4.74 Å². The van der Waals surface area contributed by atoms with E-state index in [1.807, 2.05) is 43.3 Å². The molecule has 0 radical (unpaired) electrons. The number of rotatable bonds is 7. The monoisotopic (exact) mass is 495 g/mol. The van der Waals surface area contributed by atoms with E-state index in [-0.39, 0.29) is 5.56 Å². The first-order valence-corrected chi connectivity index (χ1v) is 11.8. The Morgan fingerprint density at radius 2 is 1.62 bits per heavy atom. The van der Waals surface area contributed by atoms with Gasteiger partial charge in [0.25, 0.3) is 11.8 Å². The number of methoxy groups -OCH3 is 1. The van der Waals surface area contributed by atoms with Crippen molar-refractivity contribution in [1.82, 2.24) is 25.5 Å². The van der Waals surface area contributed by atoms with Gasteiger partial charge in [-0.05, 0) is 48.4 Å². The maximum absolute atomic E-state index is 13.5. The SMILES string of the molecule is CC[C@@]1(c2ccccc2)NC(=O)N(NC(=O)c2cn(-c3ccccc3)nc2-c2ccc(OC)cc2)C1=O. The first-order valence-electron chi connectivity index (χ1n) is 11.8. The number of amides is 4. The van der Waals surface area contributed by atoms with Crippen molar-refractivity contribution in [2.24, 2.45) is 0 Å². The Labute approximate surface area is 213 Å². The summed E-state index contributed by atoms with van der Waals surface area (Å²) in [6, 6.07) is 24.7. The van der Waals surface area contributed by atoms with Crippen LogP contribution in [0.25, 0.3) is 16.9 Å². The zero-order valence-corrected chi connectivity index (χ0v) is 20.3. The fourth-order valence-electron chi connectivity index (χ4n) is 4.42. The summed E-state index contributed by atoms with van der Waals surface area (Å²) < 4.78 is 6.83. The highest BCUT2D eigenvalue weighted by Crippen LogP contribution is 2.32. The molecule has 2 heterocycles. The fraction of sp³-hybridized carbons (Fsp3) is 0.143. The van der Waals surface area contributed by atoms with Crippen LogP contribution in [0.5, 0.6) is 5.75 Å². The quantitative estimate of drug-likeness (QED) is 0.377. The lowest BCUT2D eigenvalue weighted by Gasteiger charge is -2.25. The summed E-state index contributed by atoms with van der Waals surface area (Å²) in [6.45, 7) is 1.81. The number of carbonyl (C=O) groups excluding carboxylic acids is 3. The van der Waals surface area contributed by atoms with Crippen LogP contribution in [0, 0.1) is 0 Å². The number of nitrogens with one attached hydrogen (secondary N) is 2. The predicted octanol–water partition coefficient (Wildman–Crippen LogP) is 4.05. The van der Waals surface area contributed by atoms with E-state index < -0.39 is 23.4 Å². The molecule has 4 aromatic rings. The Balaban J connectivity index is 1.50. The van der Waals surface area contributed by atoms with E-state index >= 15 is 0 Å². The van der Waals surface area contributed by atoms with Crippen molar-refractivity contribution < 1.29 is 19.1 Å². The van der Waals surface area contributed by atoms with Gasteiger partial charge >= 0.3 is 6.03 Å². The number of hydrogen-bond acceptors (Lipinski definition) is 5. The van der Waals surface area contributed by atoms with Crippen molar-refractivity contribution >= 4 is 17.8 Å². The molecule has 0 saturated carbocycles. The summed E-state index contributed by atoms with van der Waals surface area (Å²) in [5.74, 6) is -0.536. The van der Waals surface area contributed by atoms with Crippen molar-refractivity contribution in [2.45, 2.75) is 18.9 Å². The average Bonchev–Trinajstić information content (AvgIpc) is 3.50. The van der Waals surface area contributed by atoms with Crippen LogP contribution in [0.1, 0.15) is 29.3 Å². The van der Waals surface area contributed by atoms with Crippen molar-refractivity contribution in [3.63, 3.8) is 0 Å². The lowest BCUT2D eigenvalue weighted by molar-refractivity contribution is -0.133.